The summed E-state index contributed by atoms with van der Waals surface area (Å²) in [5.74, 6) is 0.0455. The van der Waals surface area contributed by atoms with Gasteiger partial charge in [-0.2, -0.15) is 0 Å². The molecule has 2 N–H and O–H groups in total. The maximum Gasteiger partial charge on any atom is 0.325 e. The van der Waals surface area contributed by atoms with Crippen LogP contribution < -0.4 is 10.6 Å². The molecule has 0 spiro atoms. The molecule has 8 heteroatoms. The number of anilines is 1. The molecule has 2 saturated carbocycles. The van der Waals surface area contributed by atoms with Crippen LogP contribution in [-0.2, 0) is 9.53 Å². The molecule has 134 valence electrons. The van der Waals surface area contributed by atoms with Gasteiger partial charge in [0.2, 0.25) is 0 Å². The fraction of sp³-hybridized carbons (Fsp3) is 0.529. The quantitative estimate of drug-likeness (QED) is 0.423. The molecular weight excluding hydrogens is 326 g/mol. The number of nitro groups is 1. The van der Waals surface area contributed by atoms with Crippen LogP contribution in [0.5, 0.6) is 0 Å². The highest BCUT2D eigenvalue weighted by Crippen LogP contribution is 2.46. The Hall–Kier alpha value is -2.64. The molecule has 1 amide bonds. The summed E-state index contributed by atoms with van der Waals surface area (Å²) in [5.41, 5.74) is 0.450. The highest BCUT2D eigenvalue weighted by molar-refractivity contribution is 5.97. The predicted molar refractivity (Wildman–Crippen MR) is 90.3 cm³/mol. The molecule has 0 saturated heterocycles. The summed E-state index contributed by atoms with van der Waals surface area (Å²) in [6.07, 6.45) is 4.65. The van der Waals surface area contributed by atoms with Gasteiger partial charge in [0.05, 0.1) is 12.0 Å². The summed E-state index contributed by atoms with van der Waals surface area (Å²) in [5, 5.41) is 17.1. The minimum Gasteiger partial charge on any atom is -0.468 e. The molecule has 0 bridgehead atoms. The first-order valence-corrected chi connectivity index (χ1v) is 8.39. The highest BCUT2D eigenvalue weighted by atomic mass is 16.6. The summed E-state index contributed by atoms with van der Waals surface area (Å²) >= 11 is 0. The number of ether oxygens (including phenoxy) is 1. The number of nitrogens with zero attached hydrogens (tertiary/aromatic N) is 1. The number of nitrogens with one attached hydrogen (secondary N) is 2. The van der Waals surface area contributed by atoms with Crippen molar-refractivity contribution in [1.29, 1.82) is 0 Å². The zero-order chi connectivity index (χ0) is 18.0. The van der Waals surface area contributed by atoms with E-state index in [1.54, 1.807) is 6.07 Å². The van der Waals surface area contributed by atoms with Gasteiger partial charge >= 0.3 is 5.97 Å². The molecule has 0 unspecified atom stereocenters. The predicted octanol–water partition coefficient (Wildman–Crippen LogP) is 2.10. The summed E-state index contributed by atoms with van der Waals surface area (Å²) in [7, 11) is 1.22. The summed E-state index contributed by atoms with van der Waals surface area (Å²) in [6, 6.07) is 4.62. The number of carbonyl (C=O) groups is 2. The standard InChI is InChI=1S/C17H21N3O5/c1-25-15(21)9-18-17(22)12-6-7-13(14(8-12)20(23)24)19-16(10-2-3-10)11-4-5-11/h6-8,10-11,16,19H,2-5,9H2,1H3,(H,18,22). The van der Waals surface area contributed by atoms with Gasteiger partial charge in [-0.1, -0.05) is 0 Å². The first-order valence-electron chi connectivity index (χ1n) is 8.39. The molecule has 2 aliphatic carbocycles. The van der Waals surface area contributed by atoms with Gasteiger partial charge in [-0.25, -0.2) is 0 Å². The van der Waals surface area contributed by atoms with Crippen LogP contribution >= 0.6 is 0 Å². The maximum absolute atomic E-state index is 12.0. The monoisotopic (exact) mass is 347 g/mol. The van der Waals surface area contributed by atoms with E-state index in [-0.39, 0.29) is 23.8 Å². The van der Waals surface area contributed by atoms with Crippen LogP contribution in [0.15, 0.2) is 18.2 Å². The zero-order valence-electron chi connectivity index (χ0n) is 14.0. The molecule has 3 rings (SSSR count). The van der Waals surface area contributed by atoms with Gasteiger partial charge in [0, 0.05) is 17.7 Å². The lowest BCUT2D eigenvalue weighted by Crippen LogP contribution is -2.30. The molecule has 8 nitrogen and oxygen atoms in total. The molecule has 2 aliphatic rings. The average Bonchev–Trinajstić information content (AvgIpc) is 3.49. The third kappa shape index (κ3) is 4.26. The minimum atomic E-state index is -0.585. The molecule has 1 aromatic rings. The van der Waals surface area contributed by atoms with Gasteiger partial charge in [0.25, 0.3) is 11.6 Å². The number of nitro benzene ring substituents is 1. The van der Waals surface area contributed by atoms with E-state index in [0.29, 0.717) is 17.5 Å². The third-order valence-corrected chi connectivity index (χ3v) is 4.66. The number of carbonyl (C=O) groups excluding carboxylic acids is 2. The molecule has 0 heterocycles. The SMILES string of the molecule is COC(=O)CNC(=O)c1ccc(NC(C2CC2)C2CC2)c([N+](=O)[O-])c1. The summed E-state index contributed by atoms with van der Waals surface area (Å²) < 4.78 is 4.45. The second kappa shape index (κ2) is 7.08. The number of esters is 1. The van der Waals surface area contributed by atoms with E-state index in [1.165, 1.54) is 19.2 Å². The second-order valence-corrected chi connectivity index (χ2v) is 6.59. The normalized spacial score (nSPS) is 16.4. The average molecular weight is 347 g/mol. The topological polar surface area (TPSA) is 111 Å². The number of hydrogen-bond acceptors (Lipinski definition) is 6. The van der Waals surface area contributed by atoms with Gasteiger partial charge in [0.15, 0.2) is 0 Å². The van der Waals surface area contributed by atoms with Crippen LogP contribution in [0, 0.1) is 22.0 Å². The van der Waals surface area contributed by atoms with Crippen LogP contribution in [0.4, 0.5) is 11.4 Å². The van der Waals surface area contributed by atoms with Crippen LogP contribution in [0.2, 0.25) is 0 Å². The van der Waals surface area contributed by atoms with Crippen molar-refractivity contribution < 1.29 is 19.2 Å². The van der Waals surface area contributed by atoms with Gasteiger partial charge in [-0.05, 0) is 49.7 Å². The van der Waals surface area contributed by atoms with E-state index in [2.05, 4.69) is 15.4 Å². The first-order chi connectivity index (χ1) is 12.0. The largest absolute Gasteiger partial charge is 0.468 e. The van der Waals surface area contributed by atoms with Crippen molar-refractivity contribution in [3.63, 3.8) is 0 Å². The number of benzene rings is 1. The lowest BCUT2D eigenvalue weighted by Gasteiger charge is -2.19. The van der Waals surface area contributed by atoms with Crippen molar-refractivity contribution >= 4 is 23.3 Å². The lowest BCUT2D eigenvalue weighted by molar-refractivity contribution is -0.384. The van der Waals surface area contributed by atoms with Crippen molar-refractivity contribution in [1.82, 2.24) is 5.32 Å². The molecule has 1 aromatic carbocycles. The second-order valence-electron chi connectivity index (χ2n) is 6.59. The van der Waals surface area contributed by atoms with E-state index in [4.69, 9.17) is 0 Å². The summed E-state index contributed by atoms with van der Waals surface area (Å²) in [4.78, 5) is 34.1. The number of rotatable bonds is 8. The van der Waals surface area contributed by atoms with E-state index in [0.717, 1.165) is 25.7 Å². The molecule has 0 radical (unpaired) electrons. The Morgan fingerprint density at radius 2 is 1.92 bits per heavy atom. The van der Waals surface area contributed by atoms with Crippen molar-refractivity contribution in [2.45, 2.75) is 31.7 Å². The Morgan fingerprint density at radius 1 is 1.28 bits per heavy atom. The van der Waals surface area contributed by atoms with E-state index < -0.39 is 16.8 Å². The van der Waals surface area contributed by atoms with Gasteiger partial charge in [0.1, 0.15) is 12.2 Å². The van der Waals surface area contributed by atoms with Gasteiger partial charge < -0.3 is 15.4 Å². The fourth-order valence-corrected chi connectivity index (χ4v) is 2.98. The van der Waals surface area contributed by atoms with Crippen LogP contribution in [0.1, 0.15) is 36.0 Å². The Balaban J connectivity index is 1.74. The maximum atomic E-state index is 12.0. The highest BCUT2D eigenvalue weighted by Gasteiger charge is 2.42. The van der Waals surface area contributed by atoms with Crippen LogP contribution in [0.25, 0.3) is 0 Å². The first kappa shape index (κ1) is 17.2. The Kier molecular flexibility index (Phi) is 4.87. The smallest absolute Gasteiger partial charge is 0.325 e. The zero-order valence-corrected chi connectivity index (χ0v) is 14.0. The van der Waals surface area contributed by atoms with Crippen molar-refractivity contribution in [3.8, 4) is 0 Å². The minimum absolute atomic E-state index is 0.128. The van der Waals surface area contributed by atoms with Crippen LogP contribution in [-0.4, -0.2) is 36.5 Å². The fourth-order valence-electron chi connectivity index (χ4n) is 2.98. The van der Waals surface area contributed by atoms with E-state index in [9.17, 15) is 19.7 Å². The van der Waals surface area contributed by atoms with Crippen molar-refractivity contribution in [3.05, 3.63) is 33.9 Å². The third-order valence-electron chi connectivity index (χ3n) is 4.66. The molecule has 2 fully saturated rings. The van der Waals surface area contributed by atoms with Gasteiger partial charge in [-0.3, -0.25) is 19.7 Å². The number of amides is 1. The van der Waals surface area contributed by atoms with Crippen LogP contribution in [0.3, 0.4) is 0 Å². The Labute approximate surface area is 145 Å². The van der Waals surface area contributed by atoms with E-state index >= 15 is 0 Å². The number of hydrogen-bond donors (Lipinski definition) is 2. The number of methoxy groups -OCH3 is 1. The molecule has 0 aromatic heterocycles. The van der Waals surface area contributed by atoms with Gasteiger partial charge in [-0.15, -0.1) is 0 Å². The van der Waals surface area contributed by atoms with E-state index in [1.807, 2.05) is 0 Å². The molecule has 0 atom stereocenters. The van der Waals surface area contributed by atoms with Crippen molar-refractivity contribution in [2.75, 3.05) is 19.0 Å². The molecule has 0 aliphatic heterocycles. The molecule has 25 heavy (non-hydrogen) atoms. The molecular formula is C17H21N3O5. The lowest BCUT2D eigenvalue weighted by atomic mass is 10.1. The Bertz CT molecular complexity index is 686. The Morgan fingerprint density at radius 3 is 2.44 bits per heavy atom. The van der Waals surface area contributed by atoms with Crippen molar-refractivity contribution in [2.24, 2.45) is 11.8 Å². The summed E-state index contributed by atoms with van der Waals surface area (Å²) in [6.45, 7) is -0.283.